The Balaban J connectivity index is 2.05. The summed E-state index contributed by atoms with van der Waals surface area (Å²) < 4.78 is 5.71. The summed E-state index contributed by atoms with van der Waals surface area (Å²) in [4.78, 5) is 4.09. The molecular weight excluding hydrogens is 274 g/mol. The van der Waals surface area contributed by atoms with Gasteiger partial charge in [0.1, 0.15) is 17.4 Å². The SMILES string of the molecule is CCc1cnccc1C(O)c1cc2cc(Cl)ccc2o1. The summed E-state index contributed by atoms with van der Waals surface area (Å²) in [5.74, 6) is 0.517. The lowest BCUT2D eigenvalue weighted by molar-refractivity contribution is 0.191. The molecule has 0 bridgehead atoms. The molecule has 0 radical (unpaired) electrons. The molecule has 0 spiro atoms. The first-order valence-corrected chi connectivity index (χ1v) is 6.86. The minimum atomic E-state index is -0.792. The summed E-state index contributed by atoms with van der Waals surface area (Å²) in [5.41, 5.74) is 2.56. The molecule has 0 saturated carbocycles. The van der Waals surface area contributed by atoms with Crippen molar-refractivity contribution in [1.29, 1.82) is 0 Å². The summed E-state index contributed by atoms with van der Waals surface area (Å²) in [6.45, 7) is 2.03. The summed E-state index contributed by atoms with van der Waals surface area (Å²) >= 11 is 5.96. The van der Waals surface area contributed by atoms with Gasteiger partial charge in [0.05, 0.1) is 0 Å². The number of pyridine rings is 1. The summed E-state index contributed by atoms with van der Waals surface area (Å²) in [7, 11) is 0. The Hall–Kier alpha value is -1.84. The van der Waals surface area contributed by atoms with Crippen LogP contribution in [0.2, 0.25) is 5.02 Å². The fourth-order valence-electron chi connectivity index (χ4n) is 2.32. The molecule has 3 aromatic rings. The molecule has 0 aliphatic carbocycles. The molecule has 0 aliphatic heterocycles. The van der Waals surface area contributed by atoms with E-state index in [4.69, 9.17) is 16.0 Å². The molecule has 0 aliphatic rings. The van der Waals surface area contributed by atoms with Crippen molar-refractivity contribution in [2.24, 2.45) is 0 Å². The Morgan fingerprint density at radius 1 is 1.30 bits per heavy atom. The minimum Gasteiger partial charge on any atom is -0.458 e. The Morgan fingerprint density at radius 3 is 2.95 bits per heavy atom. The van der Waals surface area contributed by atoms with E-state index < -0.39 is 6.10 Å². The van der Waals surface area contributed by atoms with Gasteiger partial charge in [-0.2, -0.15) is 0 Å². The predicted octanol–water partition coefficient (Wildman–Crippen LogP) is 4.13. The maximum absolute atomic E-state index is 10.5. The number of benzene rings is 1. The Labute approximate surface area is 121 Å². The zero-order valence-electron chi connectivity index (χ0n) is 11.0. The van der Waals surface area contributed by atoms with Crippen molar-refractivity contribution in [3.05, 3.63) is 64.6 Å². The third-order valence-corrected chi connectivity index (χ3v) is 3.62. The second-order valence-electron chi connectivity index (χ2n) is 4.66. The Morgan fingerprint density at radius 2 is 2.15 bits per heavy atom. The average molecular weight is 288 g/mol. The van der Waals surface area contributed by atoms with Crippen molar-refractivity contribution in [3.8, 4) is 0 Å². The lowest BCUT2D eigenvalue weighted by Gasteiger charge is -2.11. The van der Waals surface area contributed by atoms with Gasteiger partial charge in [0.25, 0.3) is 0 Å². The highest BCUT2D eigenvalue weighted by molar-refractivity contribution is 6.31. The van der Waals surface area contributed by atoms with Crippen molar-refractivity contribution in [2.45, 2.75) is 19.4 Å². The summed E-state index contributed by atoms with van der Waals surface area (Å²) in [6, 6.07) is 9.05. The molecule has 2 heterocycles. The van der Waals surface area contributed by atoms with E-state index in [1.807, 2.05) is 25.1 Å². The van der Waals surface area contributed by atoms with E-state index >= 15 is 0 Å². The molecule has 0 fully saturated rings. The number of hydrogen-bond donors (Lipinski definition) is 1. The molecule has 0 amide bonds. The second-order valence-corrected chi connectivity index (χ2v) is 5.10. The Bertz CT molecular complexity index is 751. The molecule has 2 aromatic heterocycles. The highest BCUT2D eigenvalue weighted by Gasteiger charge is 2.18. The van der Waals surface area contributed by atoms with Crippen molar-refractivity contribution in [3.63, 3.8) is 0 Å². The van der Waals surface area contributed by atoms with Crippen LogP contribution < -0.4 is 0 Å². The molecule has 1 unspecified atom stereocenters. The van der Waals surface area contributed by atoms with Gasteiger partial charge < -0.3 is 9.52 Å². The van der Waals surface area contributed by atoms with E-state index in [0.717, 1.165) is 28.5 Å². The van der Waals surface area contributed by atoms with Gasteiger partial charge >= 0.3 is 0 Å². The minimum absolute atomic E-state index is 0.517. The Kier molecular flexibility index (Phi) is 3.47. The van der Waals surface area contributed by atoms with Crippen LogP contribution in [-0.2, 0) is 6.42 Å². The first kappa shape index (κ1) is 13.2. The van der Waals surface area contributed by atoms with Crippen molar-refractivity contribution in [1.82, 2.24) is 4.98 Å². The van der Waals surface area contributed by atoms with Gasteiger partial charge in [-0.15, -0.1) is 0 Å². The number of fused-ring (bicyclic) bond motifs is 1. The molecule has 0 saturated heterocycles. The number of hydrogen-bond acceptors (Lipinski definition) is 3. The van der Waals surface area contributed by atoms with E-state index in [2.05, 4.69) is 4.98 Å². The van der Waals surface area contributed by atoms with Crippen molar-refractivity contribution >= 4 is 22.6 Å². The van der Waals surface area contributed by atoms with Crippen LogP contribution in [0.15, 0.2) is 47.1 Å². The number of halogens is 1. The number of rotatable bonds is 3. The van der Waals surface area contributed by atoms with Gasteiger partial charge in [0.2, 0.25) is 0 Å². The van der Waals surface area contributed by atoms with Crippen LogP contribution in [-0.4, -0.2) is 10.1 Å². The van der Waals surface area contributed by atoms with Gasteiger partial charge in [-0.25, -0.2) is 0 Å². The van der Waals surface area contributed by atoms with Gasteiger partial charge in [0, 0.05) is 22.8 Å². The van der Waals surface area contributed by atoms with Crippen LogP contribution >= 0.6 is 11.6 Å². The van der Waals surface area contributed by atoms with Crippen molar-refractivity contribution in [2.75, 3.05) is 0 Å². The zero-order chi connectivity index (χ0) is 14.1. The monoisotopic (exact) mass is 287 g/mol. The molecule has 3 nitrogen and oxygen atoms in total. The van der Waals surface area contributed by atoms with Crippen LogP contribution in [0, 0.1) is 0 Å². The number of aliphatic hydroxyl groups is 1. The summed E-state index contributed by atoms with van der Waals surface area (Å²) in [6.07, 6.45) is 3.47. The smallest absolute Gasteiger partial charge is 0.138 e. The van der Waals surface area contributed by atoms with E-state index in [1.54, 1.807) is 24.5 Å². The highest BCUT2D eigenvalue weighted by Crippen LogP contribution is 2.30. The van der Waals surface area contributed by atoms with Gasteiger partial charge in [-0.05, 0) is 47.9 Å². The van der Waals surface area contributed by atoms with E-state index in [9.17, 15) is 5.11 Å². The topological polar surface area (TPSA) is 46.3 Å². The van der Waals surface area contributed by atoms with Gasteiger partial charge in [-0.1, -0.05) is 18.5 Å². The molecule has 3 rings (SSSR count). The normalized spacial score (nSPS) is 12.8. The fraction of sp³-hybridized carbons (Fsp3) is 0.188. The number of aromatic nitrogens is 1. The maximum atomic E-state index is 10.5. The molecule has 102 valence electrons. The molecule has 1 aromatic carbocycles. The largest absolute Gasteiger partial charge is 0.458 e. The van der Waals surface area contributed by atoms with Crippen LogP contribution in [0.4, 0.5) is 0 Å². The first-order chi connectivity index (χ1) is 9.69. The highest BCUT2D eigenvalue weighted by atomic mass is 35.5. The zero-order valence-corrected chi connectivity index (χ0v) is 11.8. The van der Waals surface area contributed by atoms with E-state index in [-0.39, 0.29) is 0 Å². The second kappa shape index (κ2) is 5.27. The van der Waals surface area contributed by atoms with Gasteiger partial charge in [0.15, 0.2) is 0 Å². The molecule has 1 N–H and O–H groups in total. The predicted molar refractivity (Wildman–Crippen MR) is 78.9 cm³/mol. The molecule has 1 atom stereocenters. The average Bonchev–Trinajstić information content (AvgIpc) is 2.89. The lowest BCUT2D eigenvalue weighted by atomic mass is 10.0. The van der Waals surface area contributed by atoms with Crippen LogP contribution in [0.25, 0.3) is 11.0 Å². The number of furan rings is 1. The number of aryl methyl sites for hydroxylation is 1. The lowest BCUT2D eigenvalue weighted by Crippen LogP contribution is -2.02. The van der Waals surface area contributed by atoms with E-state index in [1.165, 1.54) is 0 Å². The third-order valence-electron chi connectivity index (χ3n) is 3.38. The van der Waals surface area contributed by atoms with Crippen LogP contribution in [0.3, 0.4) is 0 Å². The van der Waals surface area contributed by atoms with Crippen LogP contribution in [0.5, 0.6) is 0 Å². The first-order valence-electron chi connectivity index (χ1n) is 6.49. The molecule has 4 heteroatoms. The molecule has 20 heavy (non-hydrogen) atoms. The third kappa shape index (κ3) is 2.30. The van der Waals surface area contributed by atoms with E-state index in [0.29, 0.717) is 10.8 Å². The molecular formula is C16H14ClNO2. The standard InChI is InChI=1S/C16H14ClNO2/c1-2-10-9-18-6-5-13(10)16(19)15-8-11-7-12(17)3-4-14(11)20-15/h3-9,16,19H,2H2,1H3. The number of aliphatic hydroxyl groups excluding tert-OH is 1. The summed E-state index contributed by atoms with van der Waals surface area (Å²) in [5, 5.41) is 12.1. The maximum Gasteiger partial charge on any atom is 0.138 e. The van der Waals surface area contributed by atoms with Crippen molar-refractivity contribution < 1.29 is 9.52 Å². The van der Waals surface area contributed by atoms with Gasteiger partial charge in [-0.3, -0.25) is 4.98 Å². The van der Waals surface area contributed by atoms with Crippen LogP contribution in [0.1, 0.15) is 29.9 Å². The quantitative estimate of drug-likeness (QED) is 0.788. The number of nitrogens with zero attached hydrogens (tertiary/aromatic N) is 1. The fourth-order valence-corrected chi connectivity index (χ4v) is 2.50.